The van der Waals surface area contributed by atoms with E-state index in [2.05, 4.69) is 4.74 Å². The van der Waals surface area contributed by atoms with Crippen molar-refractivity contribution in [1.29, 1.82) is 0 Å². The number of aromatic nitrogens is 1. The number of fused-ring (bicyclic) bond motifs is 1. The molecule has 2 heterocycles. The summed E-state index contributed by atoms with van der Waals surface area (Å²) >= 11 is 0. The van der Waals surface area contributed by atoms with Gasteiger partial charge in [0, 0.05) is 18.3 Å². The van der Waals surface area contributed by atoms with Gasteiger partial charge in [-0.05, 0) is 18.9 Å². The number of rotatable bonds is 3. The molecular weight excluding hydrogens is 270 g/mol. The quantitative estimate of drug-likeness (QED) is 0.466. The zero-order valence-electron chi connectivity index (χ0n) is 10.6. The van der Waals surface area contributed by atoms with Gasteiger partial charge in [-0.15, -0.1) is 0 Å². The van der Waals surface area contributed by atoms with E-state index in [4.69, 9.17) is 0 Å². The van der Waals surface area contributed by atoms with Gasteiger partial charge in [0.2, 0.25) is 0 Å². The summed E-state index contributed by atoms with van der Waals surface area (Å²) in [4.78, 5) is 22.9. The zero-order valence-corrected chi connectivity index (χ0v) is 11.4. The summed E-state index contributed by atoms with van der Waals surface area (Å²) in [5.41, 5.74) is 0.242. The summed E-state index contributed by atoms with van der Waals surface area (Å²) in [7, 11) is -2.13. The predicted octanol–water partition coefficient (Wildman–Crippen LogP) is 0.801. The summed E-state index contributed by atoms with van der Waals surface area (Å²) in [6, 6.07) is 1.35. The van der Waals surface area contributed by atoms with E-state index < -0.39 is 21.6 Å². The SMILES string of the molecule is COC(=O)CC(=O)c1cc2n(c1)CCCCS2(=O)=O. The van der Waals surface area contributed by atoms with E-state index in [9.17, 15) is 18.0 Å². The molecule has 6 nitrogen and oxygen atoms in total. The van der Waals surface area contributed by atoms with E-state index in [0.717, 1.165) is 6.42 Å². The molecule has 1 aromatic rings. The van der Waals surface area contributed by atoms with Crippen LogP contribution in [0, 0.1) is 0 Å². The van der Waals surface area contributed by atoms with Gasteiger partial charge < -0.3 is 9.30 Å². The highest BCUT2D eigenvalue weighted by molar-refractivity contribution is 7.91. The first-order valence-corrected chi connectivity index (χ1v) is 7.62. The Kier molecular flexibility index (Phi) is 3.75. The van der Waals surface area contributed by atoms with Crippen molar-refractivity contribution in [2.24, 2.45) is 0 Å². The van der Waals surface area contributed by atoms with E-state index in [-0.39, 0.29) is 22.8 Å². The van der Waals surface area contributed by atoms with E-state index in [1.165, 1.54) is 19.4 Å². The molecule has 0 bridgehead atoms. The lowest BCUT2D eigenvalue weighted by molar-refractivity contribution is -0.139. The molecule has 0 N–H and O–H groups in total. The van der Waals surface area contributed by atoms with Gasteiger partial charge in [-0.1, -0.05) is 0 Å². The Morgan fingerprint density at radius 1 is 1.37 bits per heavy atom. The molecule has 0 aromatic carbocycles. The predicted molar refractivity (Wildman–Crippen MR) is 66.7 cm³/mol. The van der Waals surface area contributed by atoms with Gasteiger partial charge in [0.25, 0.3) is 0 Å². The molecule has 0 saturated carbocycles. The molecule has 104 valence electrons. The topological polar surface area (TPSA) is 82.4 Å². The molecular formula is C12H15NO5S. The van der Waals surface area contributed by atoms with E-state index in [0.29, 0.717) is 13.0 Å². The van der Waals surface area contributed by atoms with Gasteiger partial charge >= 0.3 is 5.97 Å². The van der Waals surface area contributed by atoms with Crippen LogP contribution in [-0.2, 0) is 25.9 Å². The largest absolute Gasteiger partial charge is 0.469 e. The maximum Gasteiger partial charge on any atom is 0.313 e. The van der Waals surface area contributed by atoms with Gasteiger partial charge in [0.1, 0.15) is 11.4 Å². The Balaban J connectivity index is 2.32. The average Bonchev–Trinajstić information content (AvgIpc) is 2.74. The average molecular weight is 285 g/mol. The van der Waals surface area contributed by atoms with Crippen LogP contribution in [0.2, 0.25) is 0 Å². The monoisotopic (exact) mass is 285 g/mol. The maximum atomic E-state index is 12.0. The zero-order chi connectivity index (χ0) is 14.0. The van der Waals surface area contributed by atoms with Crippen LogP contribution in [0.15, 0.2) is 17.3 Å². The van der Waals surface area contributed by atoms with Crippen LogP contribution in [0.25, 0.3) is 0 Å². The number of sulfone groups is 1. The lowest BCUT2D eigenvalue weighted by Gasteiger charge is -2.01. The van der Waals surface area contributed by atoms with Gasteiger partial charge in [-0.3, -0.25) is 9.59 Å². The third-order valence-corrected chi connectivity index (χ3v) is 4.91. The Morgan fingerprint density at radius 3 is 2.79 bits per heavy atom. The fourth-order valence-electron chi connectivity index (χ4n) is 2.06. The number of carbonyl (C=O) groups is 2. The molecule has 0 atom stereocenters. The van der Waals surface area contributed by atoms with Gasteiger partial charge in [-0.2, -0.15) is 0 Å². The molecule has 0 saturated heterocycles. The second-order valence-corrected chi connectivity index (χ2v) is 6.52. The summed E-state index contributed by atoms with van der Waals surface area (Å²) in [5.74, 6) is -0.960. The standard InChI is InChI=1S/C12H15NO5S/c1-18-12(15)7-10(14)9-6-11-13(8-9)4-2-3-5-19(11,16)17/h6,8H,2-5,7H2,1H3. The molecule has 1 aromatic heterocycles. The van der Waals surface area contributed by atoms with Crippen molar-refractivity contribution in [2.75, 3.05) is 12.9 Å². The highest BCUT2D eigenvalue weighted by Gasteiger charge is 2.25. The van der Waals surface area contributed by atoms with Crippen molar-refractivity contribution >= 4 is 21.6 Å². The van der Waals surface area contributed by atoms with Gasteiger partial charge in [-0.25, -0.2) is 8.42 Å². The molecule has 0 aliphatic carbocycles. The lowest BCUT2D eigenvalue weighted by Crippen LogP contribution is -2.09. The summed E-state index contributed by atoms with van der Waals surface area (Å²) in [6.07, 6.45) is 2.50. The molecule has 0 unspecified atom stereocenters. The smallest absolute Gasteiger partial charge is 0.313 e. The number of ether oxygens (including phenoxy) is 1. The van der Waals surface area contributed by atoms with E-state index in [1.807, 2.05) is 0 Å². The van der Waals surface area contributed by atoms with Crippen LogP contribution >= 0.6 is 0 Å². The number of hydrogen-bond acceptors (Lipinski definition) is 5. The highest BCUT2D eigenvalue weighted by atomic mass is 32.2. The second kappa shape index (κ2) is 5.16. The highest BCUT2D eigenvalue weighted by Crippen LogP contribution is 2.22. The van der Waals surface area contributed by atoms with Crippen LogP contribution in [0.3, 0.4) is 0 Å². The number of hydrogen-bond donors (Lipinski definition) is 0. The van der Waals surface area contributed by atoms with E-state index >= 15 is 0 Å². The van der Waals surface area contributed by atoms with Crippen molar-refractivity contribution < 1.29 is 22.7 Å². The number of methoxy groups -OCH3 is 1. The third-order valence-electron chi connectivity index (χ3n) is 3.09. The fraction of sp³-hybridized carbons (Fsp3) is 0.500. The first-order valence-electron chi connectivity index (χ1n) is 5.97. The minimum Gasteiger partial charge on any atom is -0.469 e. The molecule has 0 fully saturated rings. The maximum absolute atomic E-state index is 12.0. The Bertz CT molecular complexity index is 614. The molecule has 1 aliphatic rings. The van der Waals surface area contributed by atoms with Crippen molar-refractivity contribution in [3.8, 4) is 0 Å². The van der Waals surface area contributed by atoms with Crippen LogP contribution in [-0.4, -0.2) is 37.6 Å². The minimum atomic E-state index is -3.33. The van der Waals surface area contributed by atoms with Crippen LogP contribution in [0.4, 0.5) is 0 Å². The second-order valence-electron chi connectivity index (χ2n) is 4.46. The van der Waals surface area contributed by atoms with Crippen LogP contribution in [0.5, 0.6) is 0 Å². The molecule has 0 amide bonds. The molecule has 0 radical (unpaired) electrons. The third kappa shape index (κ3) is 2.86. The van der Waals surface area contributed by atoms with Crippen molar-refractivity contribution in [2.45, 2.75) is 30.8 Å². The number of ketones is 1. The first-order chi connectivity index (χ1) is 8.94. The summed E-state index contributed by atoms with van der Waals surface area (Å²) < 4.78 is 30.0. The number of aryl methyl sites for hydroxylation is 1. The summed E-state index contributed by atoms with van der Waals surface area (Å²) in [5, 5.41) is 0.165. The number of nitrogens with zero attached hydrogens (tertiary/aromatic N) is 1. The van der Waals surface area contributed by atoms with Crippen molar-refractivity contribution in [1.82, 2.24) is 4.57 Å². The Morgan fingerprint density at radius 2 is 2.11 bits per heavy atom. The van der Waals surface area contributed by atoms with Crippen LogP contribution in [0.1, 0.15) is 29.6 Å². The van der Waals surface area contributed by atoms with Gasteiger partial charge in [0.15, 0.2) is 15.6 Å². The number of esters is 1. The summed E-state index contributed by atoms with van der Waals surface area (Å²) in [6.45, 7) is 0.570. The lowest BCUT2D eigenvalue weighted by atomic mass is 10.2. The van der Waals surface area contributed by atoms with E-state index in [1.54, 1.807) is 4.57 Å². The number of carbonyl (C=O) groups excluding carboxylic acids is 2. The fourth-order valence-corrected chi connectivity index (χ4v) is 3.67. The minimum absolute atomic E-state index is 0.0989. The Hall–Kier alpha value is -1.63. The molecule has 19 heavy (non-hydrogen) atoms. The molecule has 7 heteroatoms. The number of Topliss-reactive ketones (excluding diaryl/α,β-unsaturated/α-hetero) is 1. The van der Waals surface area contributed by atoms with Crippen LogP contribution < -0.4 is 0 Å². The van der Waals surface area contributed by atoms with Crippen molar-refractivity contribution in [3.05, 3.63) is 17.8 Å². The molecule has 1 aliphatic heterocycles. The first kappa shape index (κ1) is 13.8. The van der Waals surface area contributed by atoms with Gasteiger partial charge in [0.05, 0.1) is 12.9 Å². The normalized spacial score (nSPS) is 17.3. The molecule has 2 rings (SSSR count). The Labute approximate surface area is 111 Å². The molecule has 0 spiro atoms. The van der Waals surface area contributed by atoms with Crippen molar-refractivity contribution in [3.63, 3.8) is 0 Å².